The van der Waals surface area contributed by atoms with Gasteiger partial charge in [-0.25, -0.2) is 4.79 Å². The van der Waals surface area contributed by atoms with Crippen LogP contribution in [0.15, 0.2) is 18.2 Å². The smallest absolute Gasteiger partial charge is 0.326 e. The fourth-order valence-electron chi connectivity index (χ4n) is 2.33. The minimum atomic E-state index is -0.984. The Morgan fingerprint density at radius 3 is 2.71 bits per heavy atom. The van der Waals surface area contributed by atoms with Gasteiger partial charge in [0.05, 0.1) is 10.0 Å². The zero-order valence-electron chi connectivity index (χ0n) is 11.4. The Balaban J connectivity index is 2.05. The molecule has 0 aromatic heterocycles. The highest BCUT2D eigenvalue weighted by atomic mass is 35.5. The number of amides is 1. The quantitative estimate of drug-likeness (QED) is 0.921. The monoisotopic (exact) mass is 331 g/mol. The molecule has 1 aromatic carbocycles. The second-order valence-corrected chi connectivity index (χ2v) is 5.68. The summed E-state index contributed by atoms with van der Waals surface area (Å²) in [6.45, 7) is 2.02. The van der Waals surface area contributed by atoms with E-state index in [-0.39, 0.29) is 5.91 Å². The molecule has 0 bridgehead atoms. The van der Waals surface area contributed by atoms with Gasteiger partial charge < -0.3 is 14.7 Å². The molecule has 114 valence electrons. The maximum Gasteiger partial charge on any atom is 0.326 e. The van der Waals surface area contributed by atoms with Gasteiger partial charge in [0.15, 0.2) is 6.10 Å². The molecule has 1 aliphatic rings. The van der Waals surface area contributed by atoms with Crippen LogP contribution in [0.3, 0.4) is 0 Å². The number of rotatable bonds is 4. The first-order valence-corrected chi connectivity index (χ1v) is 7.30. The van der Waals surface area contributed by atoms with E-state index < -0.39 is 18.1 Å². The van der Waals surface area contributed by atoms with Gasteiger partial charge in [-0.3, -0.25) is 4.79 Å². The second kappa shape index (κ2) is 6.54. The van der Waals surface area contributed by atoms with Gasteiger partial charge in [-0.1, -0.05) is 23.2 Å². The van der Waals surface area contributed by atoms with Crippen molar-refractivity contribution in [2.75, 3.05) is 6.54 Å². The first kappa shape index (κ1) is 15.9. The maximum absolute atomic E-state index is 12.3. The molecule has 2 rings (SSSR count). The summed E-state index contributed by atoms with van der Waals surface area (Å²) in [6.07, 6.45) is 0.366. The van der Waals surface area contributed by atoms with Crippen LogP contribution >= 0.6 is 23.2 Å². The Bertz CT molecular complexity index is 564. The molecule has 7 heteroatoms. The predicted octanol–water partition coefficient (Wildman–Crippen LogP) is 2.84. The fraction of sp³-hybridized carbons (Fsp3) is 0.429. The molecule has 1 aromatic rings. The van der Waals surface area contributed by atoms with Crippen molar-refractivity contribution >= 4 is 35.1 Å². The molecule has 1 aliphatic heterocycles. The molecule has 21 heavy (non-hydrogen) atoms. The van der Waals surface area contributed by atoms with Crippen molar-refractivity contribution in [2.45, 2.75) is 31.9 Å². The number of halogens is 2. The van der Waals surface area contributed by atoms with Crippen LogP contribution < -0.4 is 4.74 Å². The number of carbonyl (C=O) groups excluding carboxylic acids is 1. The molecule has 1 heterocycles. The number of aliphatic carboxylic acids is 1. The van der Waals surface area contributed by atoms with Crippen molar-refractivity contribution in [1.82, 2.24) is 4.90 Å². The van der Waals surface area contributed by atoms with Crippen LogP contribution in [0.5, 0.6) is 5.75 Å². The van der Waals surface area contributed by atoms with E-state index in [4.69, 9.17) is 33.0 Å². The minimum Gasteiger partial charge on any atom is -0.481 e. The Kier molecular flexibility index (Phi) is 4.96. The van der Waals surface area contributed by atoms with Gasteiger partial charge in [0.2, 0.25) is 0 Å². The number of hydrogen-bond donors (Lipinski definition) is 1. The van der Waals surface area contributed by atoms with E-state index in [0.717, 1.165) is 0 Å². The topological polar surface area (TPSA) is 66.8 Å². The summed E-state index contributed by atoms with van der Waals surface area (Å²) in [5.74, 6) is -0.912. The lowest BCUT2D eigenvalue weighted by Crippen LogP contribution is -2.46. The van der Waals surface area contributed by atoms with Crippen LogP contribution in [-0.4, -0.2) is 40.6 Å². The molecule has 5 nitrogen and oxygen atoms in total. The second-order valence-electron chi connectivity index (χ2n) is 4.86. The number of carboxylic acids is 1. The number of ether oxygens (including phenoxy) is 1. The zero-order chi connectivity index (χ0) is 15.6. The molecule has 0 saturated carbocycles. The van der Waals surface area contributed by atoms with Crippen molar-refractivity contribution in [2.24, 2.45) is 0 Å². The number of hydrogen-bond acceptors (Lipinski definition) is 3. The zero-order valence-corrected chi connectivity index (χ0v) is 12.9. The third-order valence-corrected chi connectivity index (χ3v) is 4.11. The van der Waals surface area contributed by atoms with Crippen LogP contribution in [0.2, 0.25) is 10.0 Å². The Labute approximate surface area is 132 Å². The van der Waals surface area contributed by atoms with Gasteiger partial charge in [-0.15, -0.1) is 0 Å². The first-order valence-electron chi connectivity index (χ1n) is 6.55. The van der Waals surface area contributed by atoms with Gasteiger partial charge in [-0.2, -0.15) is 0 Å². The van der Waals surface area contributed by atoms with E-state index in [1.54, 1.807) is 19.1 Å². The summed E-state index contributed by atoms with van der Waals surface area (Å²) in [5, 5.41) is 9.83. The summed E-state index contributed by atoms with van der Waals surface area (Å²) >= 11 is 11.7. The van der Waals surface area contributed by atoms with E-state index in [1.165, 1.54) is 11.0 Å². The third-order valence-electron chi connectivity index (χ3n) is 3.37. The highest BCUT2D eigenvalue weighted by Crippen LogP contribution is 2.27. The van der Waals surface area contributed by atoms with Gasteiger partial charge in [0.1, 0.15) is 11.8 Å². The van der Waals surface area contributed by atoms with E-state index in [1.807, 2.05) is 0 Å². The Hall–Kier alpha value is -1.46. The van der Waals surface area contributed by atoms with Crippen molar-refractivity contribution in [1.29, 1.82) is 0 Å². The van der Waals surface area contributed by atoms with Crippen molar-refractivity contribution in [3.8, 4) is 5.75 Å². The molecular formula is C14H15Cl2NO4. The van der Waals surface area contributed by atoms with E-state index in [0.29, 0.717) is 35.2 Å². The number of carbonyl (C=O) groups is 2. The molecular weight excluding hydrogens is 317 g/mol. The average molecular weight is 332 g/mol. The third kappa shape index (κ3) is 3.60. The van der Waals surface area contributed by atoms with Crippen molar-refractivity contribution in [3.63, 3.8) is 0 Å². The molecule has 1 saturated heterocycles. The number of likely N-dealkylation sites (tertiary alicyclic amines) is 1. The number of carboxylic acid groups (broad SMARTS) is 1. The first-order chi connectivity index (χ1) is 9.90. The van der Waals surface area contributed by atoms with Crippen molar-refractivity contribution < 1.29 is 19.4 Å². The molecule has 0 aliphatic carbocycles. The summed E-state index contributed by atoms with van der Waals surface area (Å²) in [6, 6.07) is 3.94. The lowest BCUT2D eigenvalue weighted by molar-refractivity contribution is -0.150. The van der Waals surface area contributed by atoms with Crippen LogP contribution in [0, 0.1) is 0 Å². The Morgan fingerprint density at radius 2 is 2.10 bits per heavy atom. The highest BCUT2D eigenvalue weighted by Gasteiger charge is 2.36. The lowest BCUT2D eigenvalue weighted by Gasteiger charge is -2.25. The summed E-state index contributed by atoms with van der Waals surface area (Å²) < 4.78 is 5.53. The van der Waals surface area contributed by atoms with Gasteiger partial charge in [0, 0.05) is 12.6 Å². The lowest BCUT2D eigenvalue weighted by atomic mass is 10.2. The van der Waals surface area contributed by atoms with Gasteiger partial charge >= 0.3 is 5.97 Å². The number of nitrogens with zero attached hydrogens (tertiary/aromatic N) is 1. The largest absolute Gasteiger partial charge is 0.481 e. The van der Waals surface area contributed by atoms with Crippen molar-refractivity contribution in [3.05, 3.63) is 28.2 Å². The molecule has 2 atom stereocenters. The van der Waals surface area contributed by atoms with Gasteiger partial charge in [-0.05, 0) is 31.9 Å². The molecule has 0 radical (unpaired) electrons. The van der Waals surface area contributed by atoms with Crippen LogP contribution in [0.4, 0.5) is 0 Å². The summed E-state index contributed by atoms with van der Waals surface area (Å²) in [4.78, 5) is 24.8. The standard InChI is InChI=1S/C14H15Cl2NO4/c1-8(21-9-4-5-10(15)11(16)7-9)13(18)17-6-2-3-12(17)14(19)20/h4-5,7-8,12H,2-3,6H2,1H3,(H,19,20)/t8?,12-/m1/s1. The maximum atomic E-state index is 12.3. The number of benzene rings is 1. The van der Waals surface area contributed by atoms with E-state index in [2.05, 4.69) is 0 Å². The van der Waals surface area contributed by atoms with Crippen LogP contribution in [-0.2, 0) is 9.59 Å². The summed E-state index contributed by atoms with van der Waals surface area (Å²) in [7, 11) is 0. The molecule has 1 unspecified atom stereocenters. The molecule has 1 fully saturated rings. The predicted molar refractivity (Wildman–Crippen MR) is 78.9 cm³/mol. The minimum absolute atomic E-state index is 0.332. The fourth-order valence-corrected chi connectivity index (χ4v) is 2.61. The van der Waals surface area contributed by atoms with Crippen LogP contribution in [0.25, 0.3) is 0 Å². The molecule has 0 spiro atoms. The van der Waals surface area contributed by atoms with E-state index >= 15 is 0 Å². The average Bonchev–Trinajstić information content (AvgIpc) is 2.91. The SMILES string of the molecule is CC(Oc1ccc(Cl)c(Cl)c1)C(=O)N1CCC[C@@H]1C(=O)O. The highest BCUT2D eigenvalue weighted by molar-refractivity contribution is 6.42. The molecule has 1 amide bonds. The Morgan fingerprint density at radius 1 is 1.38 bits per heavy atom. The van der Waals surface area contributed by atoms with Crippen LogP contribution in [0.1, 0.15) is 19.8 Å². The molecule has 1 N–H and O–H groups in total. The van der Waals surface area contributed by atoms with E-state index in [9.17, 15) is 9.59 Å². The van der Waals surface area contributed by atoms with Gasteiger partial charge in [0.25, 0.3) is 5.91 Å². The normalized spacial score (nSPS) is 19.4. The summed E-state index contributed by atoms with van der Waals surface area (Å²) in [5.41, 5.74) is 0.